The summed E-state index contributed by atoms with van der Waals surface area (Å²) in [6, 6.07) is 7.03. The number of para-hydroxylation sites is 2. The molecule has 3 amide bonds. The van der Waals surface area contributed by atoms with Gasteiger partial charge in [-0.15, -0.1) is 0 Å². The van der Waals surface area contributed by atoms with Crippen molar-refractivity contribution in [2.45, 2.75) is 52.6 Å². The van der Waals surface area contributed by atoms with E-state index in [-0.39, 0.29) is 48.8 Å². The lowest BCUT2D eigenvalue weighted by Crippen LogP contribution is -2.49. The van der Waals surface area contributed by atoms with Crippen molar-refractivity contribution in [3.05, 3.63) is 24.3 Å². The van der Waals surface area contributed by atoms with E-state index in [0.29, 0.717) is 17.9 Å². The quantitative estimate of drug-likeness (QED) is 0.826. The lowest BCUT2D eigenvalue weighted by Gasteiger charge is -2.31. The van der Waals surface area contributed by atoms with Crippen molar-refractivity contribution < 1.29 is 14.4 Å². The van der Waals surface area contributed by atoms with Gasteiger partial charge in [0.15, 0.2) is 0 Å². The summed E-state index contributed by atoms with van der Waals surface area (Å²) >= 11 is 0. The van der Waals surface area contributed by atoms with Crippen LogP contribution in [0.3, 0.4) is 0 Å². The number of nitrogens with one attached hydrogen (secondary N) is 2. The van der Waals surface area contributed by atoms with Gasteiger partial charge in [-0.2, -0.15) is 0 Å². The molecule has 27 heavy (non-hydrogen) atoms. The number of hydrogen-bond donors (Lipinski definition) is 2. The molecule has 0 spiro atoms. The van der Waals surface area contributed by atoms with Crippen LogP contribution in [-0.4, -0.2) is 53.8 Å². The highest BCUT2D eigenvalue weighted by Gasteiger charge is 2.30. The zero-order valence-corrected chi connectivity index (χ0v) is 16.8. The molecule has 0 aliphatic carbocycles. The van der Waals surface area contributed by atoms with Gasteiger partial charge in [0, 0.05) is 18.0 Å². The summed E-state index contributed by atoms with van der Waals surface area (Å²) in [4.78, 5) is 40.8. The molecule has 0 saturated carbocycles. The molecule has 0 aromatic heterocycles. The lowest BCUT2D eigenvalue weighted by molar-refractivity contribution is -0.125. The Morgan fingerprint density at radius 1 is 1.26 bits per heavy atom. The van der Waals surface area contributed by atoms with Crippen LogP contribution >= 0.6 is 0 Å². The van der Waals surface area contributed by atoms with Crippen molar-refractivity contribution in [3.63, 3.8) is 0 Å². The molecule has 1 aliphatic heterocycles. The second-order valence-corrected chi connectivity index (χ2v) is 7.98. The topological polar surface area (TPSA) is 81.8 Å². The minimum absolute atomic E-state index is 0.109. The SMILES string of the molecule is CCN(CC(=O)NC(C)(C)C)CC(=O)N1c2ccccc2NC(=O)C[C@H]1C. The Bertz CT molecular complexity index is 711. The third-order valence-corrected chi connectivity index (χ3v) is 4.32. The van der Waals surface area contributed by atoms with Crippen LogP contribution in [-0.2, 0) is 14.4 Å². The Morgan fingerprint density at radius 3 is 2.56 bits per heavy atom. The van der Waals surface area contributed by atoms with Gasteiger partial charge in [0.1, 0.15) is 0 Å². The highest BCUT2D eigenvalue weighted by molar-refractivity contribution is 6.05. The monoisotopic (exact) mass is 374 g/mol. The van der Waals surface area contributed by atoms with Gasteiger partial charge in [0.2, 0.25) is 17.7 Å². The highest BCUT2D eigenvalue weighted by Crippen LogP contribution is 2.31. The molecule has 2 N–H and O–H groups in total. The Morgan fingerprint density at radius 2 is 1.93 bits per heavy atom. The zero-order valence-electron chi connectivity index (χ0n) is 16.8. The number of rotatable bonds is 5. The average Bonchev–Trinajstić information content (AvgIpc) is 2.66. The van der Waals surface area contributed by atoms with E-state index in [9.17, 15) is 14.4 Å². The summed E-state index contributed by atoms with van der Waals surface area (Å²) in [5.41, 5.74) is 1.01. The van der Waals surface area contributed by atoms with Crippen molar-refractivity contribution in [2.75, 3.05) is 29.9 Å². The normalized spacial score (nSPS) is 17.2. The van der Waals surface area contributed by atoms with Gasteiger partial charge in [-0.25, -0.2) is 0 Å². The molecule has 2 rings (SSSR count). The molecular formula is C20H30N4O3. The van der Waals surface area contributed by atoms with Gasteiger partial charge < -0.3 is 15.5 Å². The second kappa shape index (κ2) is 8.52. The molecule has 1 heterocycles. The first kappa shape index (κ1) is 20.9. The maximum absolute atomic E-state index is 13.1. The predicted octanol–water partition coefficient (Wildman–Crippen LogP) is 1.99. The van der Waals surface area contributed by atoms with Crippen molar-refractivity contribution in [1.82, 2.24) is 10.2 Å². The van der Waals surface area contributed by atoms with Crippen LogP contribution in [0.5, 0.6) is 0 Å². The second-order valence-electron chi connectivity index (χ2n) is 7.98. The van der Waals surface area contributed by atoms with E-state index in [1.807, 2.05) is 52.8 Å². The van der Waals surface area contributed by atoms with Gasteiger partial charge in [0.05, 0.1) is 24.5 Å². The number of hydrogen-bond acceptors (Lipinski definition) is 4. The maximum atomic E-state index is 13.1. The van der Waals surface area contributed by atoms with Crippen LogP contribution < -0.4 is 15.5 Å². The number of fused-ring (bicyclic) bond motifs is 1. The molecule has 7 heteroatoms. The molecule has 1 aromatic rings. The fraction of sp³-hybridized carbons (Fsp3) is 0.550. The Balaban J connectivity index is 2.15. The molecule has 0 fully saturated rings. The summed E-state index contributed by atoms with van der Waals surface area (Å²) in [5.74, 6) is -0.350. The summed E-state index contributed by atoms with van der Waals surface area (Å²) < 4.78 is 0. The smallest absolute Gasteiger partial charge is 0.241 e. The highest BCUT2D eigenvalue weighted by atomic mass is 16.2. The first-order valence-electron chi connectivity index (χ1n) is 9.35. The van der Waals surface area contributed by atoms with Crippen LogP contribution in [0.2, 0.25) is 0 Å². The summed E-state index contributed by atoms with van der Waals surface area (Å²) in [6.45, 7) is 10.4. The first-order valence-corrected chi connectivity index (χ1v) is 9.35. The van der Waals surface area contributed by atoms with E-state index in [2.05, 4.69) is 10.6 Å². The third-order valence-electron chi connectivity index (χ3n) is 4.32. The van der Waals surface area contributed by atoms with Gasteiger partial charge in [-0.05, 0) is 46.4 Å². The van der Waals surface area contributed by atoms with Crippen LogP contribution in [0.25, 0.3) is 0 Å². The average molecular weight is 374 g/mol. The van der Waals surface area contributed by atoms with E-state index in [1.54, 1.807) is 15.9 Å². The Kier molecular flexibility index (Phi) is 6.59. The molecule has 1 atom stereocenters. The number of likely N-dealkylation sites (N-methyl/N-ethyl adjacent to an activating group) is 1. The maximum Gasteiger partial charge on any atom is 0.241 e. The van der Waals surface area contributed by atoms with Gasteiger partial charge >= 0.3 is 0 Å². The third kappa shape index (κ3) is 5.79. The van der Waals surface area contributed by atoms with E-state index in [1.165, 1.54) is 0 Å². The van der Waals surface area contributed by atoms with Crippen molar-refractivity contribution in [1.29, 1.82) is 0 Å². The number of carbonyl (C=O) groups excluding carboxylic acids is 3. The summed E-state index contributed by atoms with van der Waals surface area (Å²) in [5, 5.41) is 5.77. The van der Waals surface area contributed by atoms with Gasteiger partial charge in [0.25, 0.3) is 0 Å². The fourth-order valence-electron chi connectivity index (χ4n) is 3.18. The van der Waals surface area contributed by atoms with Crippen molar-refractivity contribution in [2.24, 2.45) is 0 Å². The molecule has 1 aromatic carbocycles. The van der Waals surface area contributed by atoms with E-state index in [0.717, 1.165) is 0 Å². The van der Waals surface area contributed by atoms with E-state index in [4.69, 9.17) is 0 Å². The Labute approximate surface area is 161 Å². The molecule has 1 aliphatic rings. The first-order chi connectivity index (χ1) is 12.6. The number of anilines is 2. The largest absolute Gasteiger partial charge is 0.350 e. The standard InChI is InChI=1S/C20H30N4O3/c1-6-23(12-18(26)22-20(3,4)5)13-19(27)24-14(2)11-17(25)21-15-9-7-8-10-16(15)24/h7-10,14H,6,11-13H2,1-5H3,(H,21,25)(H,22,26)/t14-/m1/s1. The molecule has 0 saturated heterocycles. The van der Waals surface area contributed by atoms with Crippen LogP contribution in [0.15, 0.2) is 24.3 Å². The minimum Gasteiger partial charge on any atom is -0.350 e. The molecule has 0 bridgehead atoms. The molecule has 7 nitrogen and oxygen atoms in total. The molecule has 148 valence electrons. The fourth-order valence-corrected chi connectivity index (χ4v) is 3.18. The summed E-state index contributed by atoms with van der Waals surface area (Å²) in [6.07, 6.45) is 0.233. The van der Waals surface area contributed by atoms with E-state index >= 15 is 0 Å². The molecule has 0 unspecified atom stereocenters. The van der Waals surface area contributed by atoms with Crippen molar-refractivity contribution >= 4 is 29.1 Å². The van der Waals surface area contributed by atoms with Crippen LogP contribution in [0.4, 0.5) is 11.4 Å². The van der Waals surface area contributed by atoms with Crippen molar-refractivity contribution in [3.8, 4) is 0 Å². The predicted molar refractivity (Wildman–Crippen MR) is 107 cm³/mol. The lowest BCUT2D eigenvalue weighted by atomic mass is 10.1. The van der Waals surface area contributed by atoms with Crippen LogP contribution in [0, 0.1) is 0 Å². The number of nitrogens with zero attached hydrogens (tertiary/aromatic N) is 2. The molecular weight excluding hydrogens is 344 g/mol. The minimum atomic E-state index is -0.315. The van der Waals surface area contributed by atoms with E-state index < -0.39 is 0 Å². The van der Waals surface area contributed by atoms with Gasteiger partial charge in [-0.1, -0.05) is 19.1 Å². The number of benzene rings is 1. The van der Waals surface area contributed by atoms with Gasteiger partial charge in [-0.3, -0.25) is 19.3 Å². The Hall–Kier alpha value is -2.41. The molecule has 0 radical (unpaired) electrons. The summed E-state index contributed by atoms with van der Waals surface area (Å²) in [7, 11) is 0. The number of amides is 3. The van der Waals surface area contributed by atoms with Crippen LogP contribution in [0.1, 0.15) is 41.0 Å². The number of carbonyl (C=O) groups is 3. The zero-order chi connectivity index (χ0) is 20.2.